The molecule has 4 rings (SSSR count). The molecule has 2 heterocycles. The number of hydrogen-bond donors (Lipinski definition) is 0. The van der Waals surface area contributed by atoms with Gasteiger partial charge in [-0.25, -0.2) is 0 Å². The van der Waals surface area contributed by atoms with Crippen molar-refractivity contribution in [2.75, 3.05) is 4.90 Å². The van der Waals surface area contributed by atoms with Crippen molar-refractivity contribution < 1.29 is 0 Å². The molecule has 4 heteroatoms. The number of nitrogens with zero attached hydrogens (tertiary/aromatic N) is 1. The Balaban J connectivity index is 1.76. The van der Waals surface area contributed by atoms with E-state index < -0.39 is 18.4 Å². The third kappa shape index (κ3) is 5.10. The summed E-state index contributed by atoms with van der Waals surface area (Å²) in [5.41, 5.74) is 2.67. The third-order valence-electron chi connectivity index (χ3n) is 6.79. The Morgan fingerprint density at radius 3 is 1.66 bits per heavy atom. The van der Waals surface area contributed by atoms with Gasteiger partial charge in [0, 0.05) is 0 Å². The van der Waals surface area contributed by atoms with Crippen molar-refractivity contribution in [2.24, 2.45) is 0 Å². The first kappa shape index (κ1) is 24.2. The molecule has 0 saturated heterocycles. The quantitative estimate of drug-likeness (QED) is 0.165. The van der Waals surface area contributed by atoms with Gasteiger partial charge in [0.25, 0.3) is 0 Å². The van der Waals surface area contributed by atoms with Crippen LogP contribution in [-0.2, 0) is 0 Å². The second kappa shape index (κ2) is 11.5. The van der Waals surface area contributed by atoms with Gasteiger partial charge in [-0.15, -0.1) is 0 Å². The van der Waals surface area contributed by atoms with Crippen molar-refractivity contribution in [3.63, 3.8) is 0 Å². The zero-order valence-corrected chi connectivity index (χ0v) is 24.4. The summed E-state index contributed by atoms with van der Waals surface area (Å²) in [6.07, 6.45) is 8.26. The predicted octanol–water partition coefficient (Wildman–Crippen LogP) is 9.74. The van der Waals surface area contributed by atoms with E-state index in [-0.39, 0.29) is 0 Å². The summed E-state index contributed by atoms with van der Waals surface area (Å²) in [4.78, 5) is 5.25. The average Bonchev–Trinajstić information content (AvgIpc) is 3.32. The minimum absolute atomic E-state index is 1.33. The first-order chi connectivity index (χ1) is 15.7. The maximum atomic E-state index is 2.56. The standard InChI is InChI=1S/C16H10NS2.3C4H9.Sn/c1-3-8-14-12(6-1)17(16-10-5-11-18-16)13-7-2-4-9-15(13)19-14;3*1-3-4-2;/h1-10H;3*1,3-4H2,2H3;. The summed E-state index contributed by atoms with van der Waals surface area (Å²) in [7, 11) is 0. The summed E-state index contributed by atoms with van der Waals surface area (Å²) in [6.45, 7) is 7.11. The molecule has 1 aliphatic heterocycles. The van der Waals surface area contributed by atoms with Crippen LogP contribution in [0.2, 0.25) is 13.3 Å². The van der Waals surface area contributed by atoms with Crippen molar-refractivity contribution in [3.05, 3.63) is 60.7 Å². The number of para-hydroxylation sites is 2. The molecule has 1 aromatic heterocycles. The third-order valence-corrected chi connectivity index (χ3v) is 27.3. The molecule has 1 aliphatic rings. The van der Waals surface area contributed by atoms with Crippen LogP contribution in [-0.4, -0.2) is 18.4 Å². The van der Waals surface area contributed by atoms with E-state index in [2.05, 4.69) is 97.7 Å². The molecule has 0 amide bonds. The molecule has 3 aromatic rings. The van der Waals surface area contributed by atoms with E-state index >= 15 is 0 Å². The summed E-state index contributed by atoms with van der Waals surface area (Å²) < 4.78 is 6.43. The number of thiophene rings is 1. The van der Waals surface area contributed by atoms with E-state index in [1.807, 2.05) is 14.7 Å². The Hall–Kier alpha value is -0.911. The molecule has 0 bridgehead atoms. The Kier molecular flexibility index (Phi) is 8.69. The van der Waals surface area contributed by atoms with Crippen LogP contribution in [0.3, 0.4) is 0 Å². The maximum absolute atomic E-state index is 2.56. The van der Waals surface area contributed by atoms with Crippen LogP contribution in [0.15, 0.2) is 70.5 Å². The van der Waals surface area contributed by atoms with E-state index in [4.69, 9.17) is 0 Å². The van der Waals surface area contributed by atoms with Crippen LogP contribution < -0.4 is 7.79 Å². The van der Waals surface area contributed by atoms with Gasteiger partial charge in [-0.1, -0.05) is 0 Å². The molecule has 0 spiro atoms. The van der Waals surface area contributed by atoms with Gasteiger partial charge in [-0.05, 0) is 0 Å². The topological polar surface area (TPSA) is 3.24 Å². The van der Waals surface area contributed by atoms with Gasteiger partial charge < -0.3 is 0 Å². The van der Waals surface area contributed by atoms with E-state index in [1.165, 1.54) is 78.0 Å². The van der Waals surface area contributed by atoms with Crippen LogP contribution in [0.25, 0.3) is 0 Å². The molecule has 170 valence electrons. The molecule has 0 saturated carbocycles. The molecule has 0 N–H and O–H groups in total. The number of rotatable bonds is 11. The number of anilines is 3. The van der Waals surface area contributed by atoms with Gasteiger partial charge in [0.1, 0.15) is 0 Å². The van der Waals surface area contributed by atoms with Gasteiger partial charge in [0.05, 0.1) is 0 Å². The first-order valence-electron chi connectivity index (χ1n) is 12.5. The fraction of sp³-hybridized carbons (Fsp3) is 0.429. The molecule has 0 fully saturated rings. The number of benzene rings is 2. The van der Waals surface area contributed by atoms with E-state index in [9.17, 15) is 0 Å². The van der Waals surface area contributed by atoms with Crippen LogP contribution >= 0.6 is 23.1 Å². The Bertz CT molecular complexity index is 945. The summed E-state index contributed by atoms with van der Waals surface area (Å²) in [5, 5.41) is 1.41. The van der Waals surface area contributed by atoms with E-state index in [1.54, 1.807) is 0 Å². The second-order valence-corrected chi connectivity index (χ2v) is 25.4. The molecule has 0 unspecified atom stereocenters. The van der Waals surface area contributed by atoms with Gasteiger partial charge in [-0.2, -0.15) is 0 Å². The monoisotopic (exact) mass is 571 g/mol. The molecule has 32 heavy (non-hydrogen) atoms. The van der Waals surface area contributed by atoms with Gasteiger partial charge in [0.2, 0.25) is 0 Å². The predicted molar refractivity (Wildman–Crippen MR) is 148 cm³/mol. The van der Waals surface area contributed by atoms with E-state index in [0.29, 0.717) is 0 Å². The molecule has 2 aromatic carbocycles. The zero-order chi connectivity index (χ0) is 22.4. The van der Waals surface area contributed by atoms with E-state index in [0.717, 1.165) is 0 Å². The molecule has 0 radical (unpaired) electrons. The van der Waals surface area contributed by atoms with Crippen LogP contribution in [0.5, 0.6) is 0 Å². The van der Waals surface area contributed by atoms with Crippen molar-refractivity contribution in [2.45, 2.75) is 82.4 Å². The van der Waals surface area contributed by atoms with Crippen LogP contribution in [0.1, 0.15) is 59.3 Å². The van der Waals surface area contributed by atoms with Crippen LogP contribution in [0.4, 0.5) is 16.4 Å². The zero-order valence-electron chi connectivity index (χ0n) is 19.9. The SMILES string of the molecule is CCC[CH2][Sn]([CH2]CCC)([CH2]CCC)[c]1ccc(N2c3ccccc3Sc3ccccc32)s1. The Morgan fingerprint density at radius 2 is 1.16 bits per heavy atom. The Morgan fingerprint density at radius 1 is 0.656 bits per heavy atom. The van der Waals surface area contributed by atoms with Crippen molar-refractivity contribution in [3.8, 4) is 0 Å². The molecular weight excluding hydrogens is 533 g/mol. The van der Waals surface area contributed by atoms with Gasteiger partial charge in [-0.3, -0.25) is 0 Å². The summed E-state index contributed by atoms with van der Waals surface area (Å²) in [6, 6.07) is 22.8. The first-order valence-corrected chi connectivity index (χ1v) is 21.6. The van der Waals surface area contributed by atoms with Gasteiger partial charge in [0.15, 0.2) is 0 Å². The fourth-order valence-corrected chi connectivity index (χ4v) is 26.1. The summed E-state index contributed by atoms with van der Waals surface area (Å²) >= 11 is 1.63. The number of unbranched alkanes of at least 4 members (excludes halogenated alkanes) is 3. The minimum atomic E-state index is -2.40. The summed E-state index contributed by atoms with van der Waals surface area (Å²) in [5.74, 6) is 0. The van der Waals surface area contributed by atoms with Crippen LogP contribution in [0, 0.1) is 0 Å². The van der Waals surface area contributed by atoms with Crippen molar-refractivity contribution in [1.29, 1.82) is 0 Å². The number of fused-ring (bicyclic) bond motifs is 2. The normalized spacial score (nSPS) is 13.2. The van der Waals surface area contributed by atoms with Crippen molar-refractivity contribution >= 4 is 60.7 Å². The molecule has 0 aliphatic carbocycles. The molecule has 0 atom stereocenters. The average molecular weight is 570 g/mol. The Labute approximate surface area is 207 Å². The second-order valence-electron chi connectivity index (χ2n) is 9.10. The van der Waals surface area contributed by atoms with Gasteiger partial charge >= 0.3 is 209 Å². The molecule has 1 nitrogen and oxygen atoms in total. The number of hydrogen-bond acceptors (Lipinski definition) is 3. The van der Waals surface area contributed by atoms with Crippen molar-refractivity contribution in [1.82, 2.24) is 0 Å². The fourth-order valence-electron chi connectivity index (χ4n) is 4.97. The molecular formula is C28H37NS2Sn.